The lowest BCUT2D eigenvalue weighted by Gasteiger charge is -2.32. The van der Waals surface area contributed by atoms with Gasteiger partial charge in [0.15, 0.2) is 0 Å². The Bertz CT molecular complexity index is 849. The lowest BCUT2D eigenvalue weighted by Crippen LogP contribution is -2.51. The van der Waals surface area contributed by atoms with Gasteiger partial charge in [-0.05, 0) is 36.5 Å². The highest BCUT2D eigenvalue weighted by Crippen LogP contribution is 2.24. The number of morpholine rings is 1. The zero-order valence-corrected chi connectivity index (χ0v) is 16.5. The molecule has 1 N–H and O–H groups in total. The van der Waals surface area contributed by atoms with Crippen molar-refractivity contribution in [1.29, 1.82) is 0 Å². The van der Waals surface area contributed by atoms with Gasteiger partial charge >= 0.3 is 6.03 Å². The summed E-state index contributed by atoms with van der Waals surface area (Å²) in [5, 5.41) is 3.05. The van der Waals surface area contributed by atoms with Crippen LogP contribution in [0, 0.1) is 0 Å². The Balaban J connectivity index is 1.45. The summed E-state index contributed by atoms with van der Waals surface area (Å²) in [6.45, 7) is 2.94. The standard InChI is InChI=1S/C23H27N3O3/c27-22(25-13-15-29-16-14-25)21-11-6-12-26(21)23(28)24-20-10-5-4-9-19(20)17-18-7-2-1-3-8-18/h1-5,7-10,21H,6,11-17H2,(H,24,28). The van der Waals surface area contributed by atoms with Gasteiger partial charge in [-0.25, -0.2) is 4.79 Å². The van der Waals surface area contributed by atoms with Crippen LogP contribution in [0.1, 0.15) is 24.0 Å². The Morgan fingerprint density at radius 3 is 2.48 bits per heavy atom. The van der Waals surface area contributed by atoms with Crippen LogP contribution < -0.4 is 5.32 Å². The van der Waals surface area contributed by atoms with Gasteiger partial charge in [0.1, 0.15) is 6.04 Å². The molecule has 2 fully saturated rings. The van der Waals surface area contributed by atoms with Gasteiger partial charge in [-0.15, -0.1) is 0 Å². The number of carbonyl (C=O) groups excluding carboxylic acids is 2. The SMILES string of the molecule is O=C(C1CCCN1C(=O)Nc1ccccc1Cc1ccccc1)N1CCOCC1. The Morgan fingerprint density at radius 1 is 0.966 bits per heavy atom. The van der Waals surface area contributed by atoms with Gasteiger partial charge < -0.3 is 19.9 Å². The van der Waals surface area contributed by atoms with E-state index in [1.165, 1.54) is 5.56 Å². The fourth-order valence-electron chi connectivity index (χ4n) is 4.06. The van der Waals surface area contributed by atoms with E-state index in [1.54, 1.807) is 4.90 Å². The first-order chi connectivity index (χ1) is 14.2. The topological polar surface area (TPSA) is 61.9 Å². The molecule has 0 saturated carbocycles. The predicted molar refractivity (Wildman–Crippen MR) is 112 cm³/mol. The molecule has 1 unspecified atom stereocenters. The van der Waals surface area contributed by atoms with Crippen molar-refractivity contribution in [2.24, 2.45) is 0 Å². The van der Waals surface area contributed by atoms with Gasteiger partial charge in [0.2, 0.25) is 5.91 Å². The van der Waals surface area contributed by atoms with E-state index in [0.29, 0.717) is 32.8 Å². The van der Waals surface area contributed by atoms with Crippen LogP contribution in [0.25, 0.3) is 0 Å². The van der Waals surface area contributed by atoms with Crippen molar-refractivity contribution in [2.45, 2.75) is 25.3 Å². The summed E-state index contributed by atoms with van der Waals surface area (Å²) in [6.07, 6.45) is 2.31. The minimum Gasteiger partial charge on any atom is -0.378 e. The van der Waals surface area contributed by atoms with Crippen LogP contribution in [0.3, 0.4) is 0 Å². The fraction of sp³-hybridized carbons (Fsp3) is 0.391. The quantitative estimate of drug-likeness (QED) is 0.868. The van der Waals surface area contributed by atoms with E-state index < -0.39 is 0 Å². The number of carbonyl (C=O) groups is 2. The van der Waals surface area contributed by atoms with Gasteiger partial charge in [-0.3, -0.25) is 4.79 Å². The number of rotatable bonds is 4. The summed E-state index contributed by atoms with van der Waals surface area (Å²) >= 11 is 0. The maximum atomic E-state index is 13.0. The van der Waals surface area contributed by atoms with Crippen molar-refractivity contribution in [3.63, 3.8) is 0 Å². The average Bonchev–Trinajstić information content (AvgIpc) is 3.26. The molecule has 0 radical (unpaired) electrons. The predicted octanol–water partition coefficient (Wildman–Crippen LogP) is 3.13. The summed E-state index contributed by atoms with van der Waals surface area (Å²) < 4.78 is 5.34. The van der Waals surface area contributed by atoms with E-state index in [0.717, 1.165) is 30.5 Å². The molecule has 2 aromatic carbocycles. The summed E-state index contributed by atoms with van der Waals surface area (Å²) in [6, 6.07) is 17.5. The van der Waals surface area contributed by atoms with Crippen molar-refractivity contribution in [2.75, 3.05) is 38.2 Å². The number of hydrogen-bond donors (Lipinski definition) is 1. The van der Waals surface area contributed by atoms with Crippen LogP contribution in [0.15, 0.2) is 54.6 Å². The molecular formula is C23H27N3O3. The molecule has 152 valence electrons. The number of urea groups is 1. The van der Waals surface area contributed by atoms with Gasteiger partial charge in [0.25, 0.3) is 0 Å². The largest absolute Gasteiger partial charge is 0.378 e. The summed E-state index contributed by atoms with van der Waals surface area (Å²) in [5.74, 6) is 0.0403. The van der Waals surface area contributed by atoms with Gasteiger partial charge in [0.05, 0.1) is 13.2 Å². The maximum Gasteiger partial charge on any atom is 0.322 e. The molecule has 29 heavy (non-hydrogen) atoms. The Hall–Kier alpha value is -2.86. The van der Waals surface area contributed by atoms with Crippen molar-refractivity contribution in [1.82, 2.24) is 9.80 Å². The molecular weight excluding hydrogens is 366 g/mol. The molecule has 0 aromatic heterocycles. The minimum atomic E-state index is -0.380. The van der Waals surface area contributed by atoms with Crippen molar-refractivity contribution in [3.05, 3.63) is 65.7 Å². The molecule has 3 amide bonds. The number of nitrogens with one attached hydrogen (secondary N) is 1. The van der Waals surface area contributed by atoms with Gasteiger partial charge in [-0.1, -0.05) is 48.5 Å². The zero-order valence-electron chi connectivity index (χ0n) is 16.5. The Labute approximate surface area is 171 Å². The van der Waals surface area contributed by atoms with Crippen molar-refractivity contribution < 1.29 is 14.3 Å². The number of nitrogens with zero attached hydrogens (tertiary/aromatic N) is 2. The minimum absolute atomic E-state index is 0.0403. The van der Waals surface area contributed by atoms with Crippen LogP contribution in [0.2, 0.25) is 0 Å². The second-order valence-electron chi connectivity index (χ2n) is 7.54. The molecule has 2 heterocycles. The van der Waals surface area contributed by atoms with Crippen LogP contribution in [0.4, 0.5) is 10.5 Å². The lowest BCUT2D eigenvalue weighted by molar-refractivity contribution is -0.139. The van der Waals surface area contributed by atoms with Gasteiger partial charge in [0, 0.05) is 25.3 Å². The molecule has 6 heteroatoms. The molecule has 6 nitrogen and oxygen atoms in total. The lowest BCUT2D eigenvalue weighted by atomic mass is 10.0. The molecule has 1 atom stereocenters. The van der Waals surface area contributed by atoms with Crippen molar-refractivity contribution >= 4 is 17.6 Å². The maximum absolute atomic E-state index is 13.0. The van der Waals surface area contributed by atoms with E-state index in [1.807, 2.05) is 47.4 Å². The number of anilines is 1. The van der Waals surface area contributed by atoms with Crippen LogP contribution >= 0.6 is 0 Å². The van der Waals surface area contributed by atoms with Crippen LogP contribution in [0.5, 0.6) is 0 Å². The van der Waals surface area contributed by atoms with E-state index in [2.05, 4.69) is 17.4 Å². The van der Waals surface area contributed by atoms with E-state index in [-0.39, 0.29) is 18.0 Å². The van der Waals surface area contributed by atoms with E-state index in [4.69, 9.17) is 4.74 Å². The summed E-state index contributed by atoms with van der Waals surface area (Å²) in [7, 11) is 0. The monoisotopic (exact) mass is 393 g/mol. The molecule has 2 aliphatic heterocycles. The van der Waals surface area contributed by atoms with E-state index >= 15 is 0 Å². The number of hydrogen-bond acceptors (Lipinski definition) is 3. The fourth-order valence-corrected chi connectivity index (χ4v) is 4.06. The number of ether oxygens (including phenoxy) is 1. The molecule has 4 rings (SSSR count). The first-order valence-electron chi connectivity index (χ1n) is 10.3. The first kappa shape index (κ1) is 19.5. The average molecular weight is 393 g/mol. The third kappa shape index (κ3) is 4.59. The smallest absolute Gasteiger partial charge is 0.322 e. The number of benzene rings is 2. The second kappa shape index (κ2) is 9.09. The first-order valence-corrected chi connectivity index (χ1v) is 10.3. The Morgan fingerprint density at radius 2 is 1.69 bits per heavy atom. The molecule has 0 spiro atoms. The highest BCUT2D eigenvalue weighted by atomic mass is 16.5. The molecule has 2 aromatic rings. The molecule has 2 aliphatic rings. The molecule has 2 saturated heterocycles. The highest BCUT2D eigenvalue weighted by Gasteiger charge is 2.37. The number of likely N-dealkylation sites (tertiary alicyclic amines) is 1. The van der Waals surface area contributed by atoms with Crippen LogP contribution in [-0.2, 0) is 16.0 Å². The highest BCUT2D eigenvalue weighted by molar-refractivity contribution is 5.94. The zero-order chi connectivity index (χ0) is 20.1. The van der Waals surface area contributed by atoms with Crippen molar-refractivity contribution in [3.8, 4) is 0 Å². The van der Waals surface area contributed by atoms with E-state index in [9.17, 15) is 9.59 Å². The van der Waals surface area contributed by atoms with Crippen LogP contribution in [-0.4, -0.2) is 60.6 Å². The summed E-state index contributed by atoms with van der Waals surface area (Å²) in [5.41, 5.74) is 3.05. The third-order valence-electron chi connectivity index (χ3n) is 5.62. The number of para-hydroxylation sites is 1. The number of amides is 3. The Kier molecular flexibility index (Phi) is 6.10. The van der Waals surface area contributed by atoms with Gasteiger partial charge in [-0.2, -0.15) is 0 Å². The summed E-state index contributed by atoms with van der Waals surface area (Å²) in [4.78, 5) is 29.5. The molecule has 0 aliphatic carbocycles. The third-order valence-corrected chi connectivity index (χ3v) is 5.62. The normalized spacial score (nSPS) is 19.2. The molecule has 0 bridgehead atoms. The second-order valence-corrected chi connectivity index (χ2v) is 7.54.